The van der Waals surface area contributed by atoms with Crippen LogP contribution in [0.1, 0.15) is 17.5 Å². The first-order valence-corrected chi connectivity index (χ1v) is 5.87. The van der Waals surface area contributed by atoms with Gasteiger partial charge in [0.25, 0.3) is 0 Å². The highest BCUT2D eigenvalue weighted by Crippen LogP contribution is 2.27. The number of ketones is 1. The van der Waals surface area contributed by atoms with Crippen molar-refractivity contribution < 1.29 is 9.53 Å². The minimum absolute atomic E-state index is 0.352. The molecule has 0 aromatic heterocycles. The molecule has 1 aliphatic rings. The van der Waals surface area contributed by atoms with E-state index in [1.807, 2.05) is 18.2 Å². The quantitative estimate of drug-likeness (QED) is 0.747. The molecule has 1 aliphatic carbocycles. The van der Waals surface area contributed by atoms with Gasteiger partial charge < -0.3 is 4.74 Å². The van der Waals surface area contributed by atoms with E-state index in [2.05, 4.69) is 12.1 Å². The molecule has 0 saturated heterocycles. The zero-order valence-electron chi connectivity index (χ0n) is 9.82. The van der Waals surface area contributed by atoms with Crippen LogP contribution in [0.4, 0.5) is 0 Å². The maximum absolute atomic E-state index is 11.4. The molecule has 0 fully saturated rings. The normalized spacial score (nSPS) is 14.8. The third-order valence-corrected chi connectivity index (χ3v) is 3.43. The van der Waals surface area contributed by atoms with Gasteiger partial charge in [0.2, 0.25) is 0 Å². The summed E-state index contributed by atoms with van der Waals surface area (Å²) < 4.78 is 5.23. The van der Waals surface area contributed by atoms with E-state index in [1.165, 1.54) is 21.9 Å². The topological polar surface area (TPSA) is 26.3 Å². The van der Waals surface area contributed by atoms with Gasteiger partial charge >= 0.3 is 0 Å². The van der Waals surface area contributed by atoms with E-state index >= 15 is 0 Å². The van der Waals surface area contributed by atoms with E-state index in [1.54, 1.807) is 7.11 Å². The third-order valence-electron chi connectivity index (χ3n) is 3.43. The Morgan fingerprint density at radius 3 is 2.65 bits per heavy atom. The van der Waals surface area contributed by atoms with Crippen molar-refractivity contribution in [2.45, 2.75) is 19.3 Å². The highest BCUT2D eigenvalue weighted by molar-refractivity contribution is 5.89. The van der Waals surface area contributed by atoms with Crippen molar-refractivity contribution in [2.75, 3.05) is 7.11 Å². The lowest BCUT2D eigenvalue weighted by Crippen LogP contribution is -2.12. The summed E-state index contributed by atoms with van der Waals surface area (Å²) in [6, 6.07) is 10.4. The zero-order chi connectivity index (χ0) is 11.8. The number of aryl methyl sites for hydroxylation is 1. The SMILES string of the molecule is COc1ccc2cc3c(cc2c1)CCC(=O)C3. The van der Waals surface area contributed by atoms with Crippen LogP contribution < -0.4 is 4.74 Å². The fourth-order valence-electron chi connectivity index (χ4n) is 2.47. The maximum Gasteiger partial charge on any atom is 0.137 e. The number of carbonyl (C=O) groups excluding carboxylic acids is 1. The molecule has 2 nitrogen and oxygen atoms in total. The van der Waals surface area contributed by atoms with Crippen LogP contribution in [0.3, 0.4) is 0 Å². The first-order chi connectivity index (χ1) is 8.26. The monoisotopic (exact) mass is 226 g/mol. The first kappa shape index (κ1) is 10.3. The van der Waals surface area contributed by atoms with Gasteiger partial charge in [-0.1, -0.05) is 18.2 Å². The number of hydrogen-bond donors (Lipinski definition) is 0. The van der Waals surface area contributed by atoms with Crippen LogP contribution in [0.2, 0.25) is 0 Å². The van der Waals surface area contributed by atoms with Gasteiger partial charge in [-0.3, -0.25) is 4.79 Å². The Bertz CT molecular complexity index is 599. The largest absolute Gasteiger partial charge is 0.497 e. The Labute approximate surface area is 100 Å². The van der Waals surface area contributed by atoms with Gasteiger partial charge in [0.05, 0.1) is 7.11 Å². The summed E-state index contributed by atoms with van der Waals surface area (Å²) in [6.45, 7) is 0. The van der Waals surface area contributed by atoms with Crippen molar-refractivity contribution >= 4 is 16.6 Å². The molecule has 0 aliphatic heterocycles. The Morgan fingerprint density at radius 1 is 1.00 bits per heavy atom. The van der Waals surface area contributed by atoms with Gasteiger partial charge in [-0.2, -0.15) is 0 Å². The Hall–Kier alpha value is -1.83. The van der Waals surface area contributed by atoms with Gasteiger partial charge in [-0.05, 0) is 40.5 Å². The minimum Gasteiger partial charge on any atom is -0.497 e. The van der Waals surface area contributed by atoms with Crippen LogP contribution in [0.15, 0.2) is 30.3 Å². The number of carbonyl (C=O) groups is 1. The summed E-state index contributed by atoms with van der Waals surface area (Å²) in [5, 5.41) is 2.37. The number of Topliss-reactive ketones (excluding diaryl/α,β-unsaturated/α-hetero) is 1. The van der Waals surface area contributed by atoms with Crippen molar-refractivity contribution in [2.24, 2.45) is 0 Å². The van der Waals surface area contributed by atoms with E-state index in [9.17, 15) is 4.79 Å². The number of fused-ring (bicyclic) bond motifs is 2. The lowest BCUT2D eigenvalue weighted by atomic mass is 9.88. The summed E-state index contributed by atoms with van der Waals surface area (Å²) in [4.78, 5) is 11.4. The van der Waals surface area contributed by atoms with Gasteiger partial charge in [0.15, 0.2) is 0 Å². The smallest absolute Gasteiger partial charge is 0.137 e. The highest BCUT2D eigenvalue weighted by Gasteiger charge is 2.16. The molecule has 0 N–H and O–H groups in total. The molecule has 86 valence electrons. The van der Waals surface area contributed by atoms with Crippen LogP contribution >= 0.6 is 0 Å². The molecular weight excluding hydrogens is 212 g/mol. The van der Waals surface area contributed by atoms with E-state index in [-0.39, 0.29) is 0 Å². The Kier molecular flexibility index (Phi) is 2.36. The maximum atomic E-state index is 11.4. The lowest BCUT2D eigenvalue weighted by Gasteiger charge is -2.16. The number of rotatable bonds is 1. The van der Waals surface area contributed by atoms with Crippen molar-refractivity contribution in [3.05, 3.63) is 41.5 Å². The average molecular weight is 226 g/mol. The number of ether oxygens (including phenoxy) is 1. The summed E-state index contributed by atoms with van der Waals surface area (Å²) in [5.41, 5.74) is 2.50. The zero-order valence-corrected chi connectivity index (χ0v) is 9.82. The van der Waals surface area contributed by atoms with Gasteiger partial charge in [0.1, 0.15) is 11.5 Å². The molecule has 0 bridgehead atoms. The molecule has 0 spiro atoms. The third kappa shape index (κ3) is 1.80. The Balaban J connectivity index is 2.17. The molecule has 0 radical (unpaired) electrons. The molecule has 3 rings (SSSR count). The van der Waals surface area contributed by atoms with Crippen molar-refractivity contribution in [1.82, 2.24) is 0 Å². The van der Waals surface area contributed by atoms with Crippen molar-refractivity contribution in [1.29, 1.82) is 0 Å². The second-order valence-electron chi connectivity index (χ2n) is 4.55. The molecule has 2 aromatic carbocycles. The van der Waals surface area contributed by atoms with Gasteiger partial charge in [-0.15, -0.1) is 0 Å². The average Bonchev–Trinajstić information content (AvgIpc) is 2.35. The van der Waals surface area contributed by atoms with Crippen LogP contribution in [-0.4, -0.2) is 12.9 Å². The summed E-state index contributed by atoms with van der Waals surface area (Å²) >= 11 is 0. The highest BCUT2D eigenvalue weighted by atomic mass is 16.5. The number of benzene rings is 2. The summed E-state index contributed by atoms with van der Waals surface area (Å²) in [5.74, 6) is 1.23. The first-order valence-electron chi connectivity index (χ1n) is 5.87. The summed E-state index contributed by atoms with van der Waals surface area (Å²) in [7, 11) is 1.68. The van der Waals surface area contributed by atoms with E-state index in [0.29, 0.717) is 18.6 Å². The fraction of sp³-hybridized carbons (Fsp3) is 0.267. The molecular formula is C15H14O2. The van der Waals surface area contributed by atoms with E-state index < -0.39 is 0 Å². The van der Waals surface area contributed by atoms with Crippen molar-refractivity contribution in [3.8, 4) is 5.75 Å². The molecule has 2 aromatic rings. The number of hydrogen-bond acceptors (Lipinski definition) is 2. The molecule has 0 unspecified atom stereocenters. The Morgan fingerprint density at radius 2 is 1.82 bits per heavy atom. The van der Waals surface area contributed by atoms with E-state index in [0.717, 1.165) is 12.2 Å². The minimum atomic E-state index is 0.352. The lowest BCUT2D eigenvalue weighted by molar-refractivity contribution is -0.118. The molecule has 17 heavy (non-hydrogen) atoms. The van der Waals surface area contributed by atoms with Crippen molar-refractivity contribution in [3.63, 3.8) is 0 Å². The number of methoxy groups -OCH3 is 1. The van der Waals surface area contributed by atoms with Crippen LogP contribution in [-0.2, 0) is 17.6 Å². The second kappa shape index (κ2) is 3.88. The van der Waals surface area contributed by atoms with Gasteiger partial charge in [-0.25, -0.2) is 0 Å². The molecule has 0 saturated carbocycles. The predicted octanol–water partition coefficient (Wildman–Crippen LogP) is 2.91. The van der Waals surface area contributed by atoms with E-state index in [4.69, 9.17) is 4.74 Å². The molecule has 0 atom stereocenters. The van der Waals surface area contributed by atoms with Gasteiger partial charge in [0, 0.05) is 12.8 Å². The standard InChI is InChI=1S/C15H14O2/c1-17-15-5-3-11-6-12-8-14(16)4-2-10(12)7-13(11)9-15/h3,5-7,9H,2,4,8H2,1H3. The van der Waals surface area contributed by atoms with Crippen LogP contribution in [0.5, 0.6) is 5.75 Å². The molecule has 0 amide bonds. The predicted molar refractivity (Wildman–Crippen MR) is 67.5 cm³/mol. The molecule has 0 heterocycles. The summed E-state index contributed by atoms with van der Waals surface area (Å²) in [6.07, 6.45) is 2.15. The van der Waals surface area contributed by atoms with Crippen LogP contribution in [0.25, 0.3) is 10.8 Å². The molecule has 2 heteroatoms. The second-order valence-corrected chi connectivity index (χ2v) is 4.55. The fourth-order valence-corrected chi connectivity index (χ4v) is 2.47. The van der Waals surface area contributed by atoms with Crippen LogP contribution in [0, 0.1) is 0 Å².